The minimum Gasteiger partial charge on any atom is -0.378 e. The lowest BCUT2D eigenvalue weighted by Gasteiger charge is -2.30. The number of amides is 1. The molecule has 0 spiro atoms. The van der Waals surface area contributed by atoms with Crippen LogP contribution in [0.25, 0.3) is 10.9 Å². The fourth-order valence-electron chi connectivity index (χ4n) is 3.29. The van der Waals surface area contributed by atoms with Crippen molar-refractivity contribution in [1.29, 1.82) is 0 Å². The molecule has 2 aromatic carbocycles. The number of para-hydroxylation sites is 1. The molecular weight excluding hydrogens is 360 g/mol. The van der Waals surface area contributed by atoms with Crippen molar-refractivity contribution in [3.8, 4) is 0 Å². The van der Waals surface area contributed by atoms with E-state index in [1.165, 1.54) is 12.1 Å². The van der Waals surface area contributed by atoms with Crippen LogP contribution in [0.4, 0.5) is 17.1 Å². The Hall–Kier alpha value is -3.52. The molecule has 28 heavy (non-hydrogen) atoms. The van der Waals surface area contributed by atoms with Crippen LogP contribution in [-0.4, -0.2) is 42.1 Å². The van der Waals surface area contributed by atoms with Crippen LogP contribution in [0.5, 0.6) is 0 Å². The summed E-state index contributed by atoms with van der Waals surface area (Å²) < 4.78 is 5.37. The van der Waals surface area contributed by atoms with Gasteiger partial charge in [-0.3, -0.25) is 19.9 Å². The van der Waals surface area contributed by atoms with Crippen LogP contribution in [-0.2, 0) is 4.74 Å². The van der Waals surface area contributed by atoms with Crippen molar-refractivity contribution in [3.63, 3.8) is 0 Å². The number of nitrogens with one attached hydrogen (secondary N) is 1. The largest absolute Gasteiger partial charge is 0.378 e. The molecule has 2 heterocycles. The third-order valence-corrected chi connectivity index (χ3v) is 4.67. The Kier molecular flexibility index (Phi) is 4.86. The number of nitro groups is 1. The molecular formula is C20H18N4O4. The second-order valence-corrected chi connectivity index (χ2v) is 6.39. The van der Waals surface area contributed by atoms with Gasteiger partial charge in [0, 0.05) is 36.8 Å². The monoisotopic (exact) mass is 378 g/mol. The quantitative estimate of drug-likeness (QED) is 0.553. The number of hydrogen-bond acceptors (Lipinski definition) is 6. The molecule has 142 valence electrons. The third kappa shape index (κ3) is 3.49. The molecule has 1 fully saturated rings. The van der Waals surface area contributed by atoms with Crippen molar-refractivity contribution in [2.24, 2.45) is 0 Å². The number of aromatic nitrogens is 1. The van der Waals surface area contributed by atoms with Gasteiger partial charge in [-0.2, -0.15) is 0 Å². The van der Waals surface area contributed by atoms with E-state index in [0.717, 1.165) is 5.39 Å². The Morgan fingerprint density at radius 1 is 1.14 bits per heavy atom. The van der Waals surface area contributed by atoms with Crippen LogP contribution in [0.2, 0.25) is 0 Å². The topological polar surface area (TPSA) is 97.6 Å². The van der Waals surface area contributed by atoms with E-state index in [2.05, 4.69) is 10.3 Å². The van der Waals surface area contributed by atoms with E-state index < -0.39 is 10.8 Å². The van der Waals surface area contributed by atoms with Gasteiger partial charge in [0.1, 0.15) is 0 Å². The first-order chi connectivity index (χ1) is 13.6. The average Bonchev–Trinajstić information content (AvgIpc) is 2.74. The standard InChI is InChI=1S/C20H18N4O4/c25-20(22-17-5-1-3-14-4-2-8-21-19(14)17)16-13-15(24(26)27)6-7-18(16)23-9-11-28-12-10-23/h1-8,13H,9-12H2,(H,22,25). The maximum Gasteiger partial charge on any atom is 0.270 e. The van der Waals surface area contributed by atoms with Crippen LogP contribution in [0.1, 0.15) is 10.4 Å². The summed E-state index contributed by atoms with van der Waals surface area (Å²) in [5, 5.41) is 15.0. The third-order valence-electron chi connectivity index (χ3n) is 4.67. The highest BCUT2D eigenvalue weighted by molar-refractivity contribution is 6.11. The SMILES string of the molecule is O=C(Nc1cccc2cccnc12)c1cc([N+](=O)[O-])ccc1N1CCOCC1. The van der Waals surface area contributed by atoms with Gasteiger partial charge in [0.25, 0.3) is 11.6 Å². The van der Waals surface area contributed by atoms with Gasteiger partial charge in [0.05, 0.1) is 40.6 Å². The van der Waals surface area contributed by atoms with Crippen molar-refractivity contribution in [2.45, 2.75) is 0 Å². The molecule has 1 aliphatic rings. The highest BCUT2D eigenvalue weighted by Gasteiger charge is 2.22. The molecule has 1 aromatic heterocycles. The molecule has 0 bridgehead atoms. The molecule has 3 aromatic rings. The highest BCUT2D eigenvalue weighted by Crippen LogP contribution is 2.28. The molecule has 1 aliphatic heterocycles. The molecule has 4 rings (SSSR count). The molecule has 0 aliphatic carbocycles. The lowest BCUT2D eigenvalue weighted by Crippen LogP contribution is -2.37. The van der Waals surface area contributed by atoms with Crippen LogP contribution >= 0.6 is 0 Å². The molecule has 1 N–H and O–H groups in total. The van der Waals surface area contributed by atoms with E-state index in [1.807, 2.05) is 29.2 Å². The van der Waals surface area contributed by atoms with Crippen molar-refractivity contribution in [3.05, 3.63) is 70.4 Å². The molecule has 0 unspecified atom stereocenters. The summed E-state index contributed by atoms with van der Waals surface area (Å²) >= 11 is 0. The number of morpholine rings is 1. The smallest absolute Gasteiger partial charge is 0.270 e. The number of ether oxygens (including phenoxy) is 1. The van der Waals surface area contributed by atoms with Gasteiger partial charge >= 0.3 is 0 Å². The van der Waals surface area contributed by atoms with Gasteiger partial charge < -0.3 is 15.0 Å². The first-order valence-electron chi connectivity index (χ1n) is 8.90. The molecule has 1 saturated heterocycles. The van der Waals surface area contributed by atoms with Gasteiger partial charge in [-0.1, -0.05) is 18.2 Å². The second-order valence-electron chi connectivity index (χ2n) is 6.39. The summed E-state index contributed by atoms with van der Waals surface area (Å²) in [4.78, 5) is 30.1. The molecule has 8 nitrogen and oxygen atoms in total. The fraction of sp³-hybridized carbons (Fsp3) is 0.200. The number of hydrogen-bond donors (Lipinski definition) is 1. The number of carbonyl (C=O) groups is 1. The lowest BCUT2D eigenvalue weighted by atomic mass is 10.1. The number of benzene rings is 2. The number of nitro benzene ring substituents is 1. The summed E-state index contributed by atoms with van der Waals surface area (Å²) in [6, 6.07) is 13.6. The Balaban J connectivity index is 1.72. The Morgan fingerprint density at radius 2 is 1.93 bits per heavy atom. The van der Waals surface area contributed by atoms with Gasteiger partial charge in [-0.05, 0) is 18.2 Å². The van der Waals surface area contributed by atoms with E-state index in [1.54, 1.807) is 18.3 Å². The van der Waals surface area contributed by atoms with E-state index in [9.17, 15) is 14.9 Å². The van der Waals surface area contributed by atoms with E-state index >= 15 is 0 Å². The number of anilines is 2. The first kappa shape index (κ1) is 17.9. The minimum absolute atomic E-state index is 0.127. The maximum atomic E-state index is 13.1. The molecule has 0 atom stereocenters. The van der Waals surface area contributed by atoms with Gasteiger partial charge in [-0.25, -0.2) is 0 Å². The van der Waals surface area contributed by atoms with Crippen molar-refractivity contribution in [1.82, 2.24) is 4.98 Å². The molecule has 1 amide bonds. The molecule has 0 radical (unpaired) electrons. The Bertz CT molecular complexity index is 1040. The van der Waals surface area contributed by atoms with Gasteiger partial charge in [0.2, 0.25) is 0 Å². The first-order valence-corrected chi connectivity index (χ1v) is 8.90. The van der Waals surface area contributed by atoms with Gasteiger partial charge in [-0.15, -0.1) is 0 Å². The lowest BCUT2D eigenvalue weighted by molar-refractivity contribution is -0.384. The number of fused-ring (bicyclic) bond motifs is 1. The summed E-state index contributed by atoms with van der Waals surface area (Å²) in [5.41, 5.74) is 2.00. The molecule has 8 heteroatoms. The van der Waals surface area contributed by atoms with Crippen LogP contribution in [0, 0.1) is 10.1 Å². The van der Waals surface area contributed by atoms with E-state index in [4.69, 9.17) is 4.74 Å². The summed E-state index contributed by atoms with van der Waals surface area (Å²) in [6.45, 7) is 2.33. The number of nitrogens with zero attached hydrogens (tertiary/aromatic N) is 3. The van der Waals surface area contributed by atoms with Gasteiger partial charge in [0.15, 0.2) is 0 Å². The fourth-order valence-corrected chi connectivity index (χ4v) is 3.29. The molecule has 0 saturated carbocycles. The zero-order valence-corrected chi connectivity index (χ0v) is 15.0. The van der Waals surface area contributed by atoms with Crippen LogP contribution < -0.4 is 10.2 Å². The van der Waals surface area contributed by atoms with Crippen molar-refractivity contribution >= 4 is 33.9 Å². The normalized spacial score (nSPS) is 14.1. The maximum absolute atomic E-state index is 13.1. The minimum atomic E-state index is -0.501. The predicted octanol–water partition coefficient (Wildman–Crippen LogP) is 3.23. The highest BCUT2D eigenvalue weighted by atomic mass is 16.6. The number of rotatable bonds is 4. The Labute approximate surface area is 160 Å². The van der Waals surface area contributed by atoms with Crippen molar-refractivity contribution in [2.75, 3.05) is 36.5 Å². The number of non-ortho nitro benzene ring substituents is 1. The average molecular weight is 378 g/mol. The summed E-state index contributed by atoms with van der Waals surface area (Å²) in [6.07, 6.45) is 1.66. The number of carbonyl (C=O) groups excluding carboxylic acids is 1. The number of pyridine rings is 1. The van der Waals surface area contributed by atoms with Crippen LogP contribution in [0.15, 0.2) is 54.7 Å². The predicted molar refractivity (Wildman–Crippen MR) is 106 cm³/mol. The van der Waals surface area contributed by atoms with E-state index in [0.29, 0.717) is 43.2 Å². The Morgan fingerprint density at radius 3 is 2.71 bits per heavy atom. The zero-order valence-electron chi connectivity index (χ0n) is 15.0. The second kappa shape index (κ2) is 7.61. The van der Waals surface area contributed by atoms with E-state index in [-0.39, 0.29) is 11.3 Å². The van der Waals surface area contributed by atoms with Crippen LogP contribution in [0.3, 0.4) is 0 Å². The summed E-state index contributed by atoms with van der Waals surface area (Å²) in [7, 11) is 0. The zero-order chi connectivity index (χ0) is 19.5. The summed E-state index contributed by atoms with van der Waals surface area (Å²) in [5.74, 6) is -0.414. The van der Waals surface area contributed by atoms with Crippen molar-refractivity contribution < 1.29 is 14.5 Å².